The molecule has 0 spiro atoms. The van der Waals surface area contributed by atoms with Crippen LogP contribution >= 0.6 is 11.8 Å². The van der Waals surface area contributed by atoms with Crippen molar-refractivity contribution in [2.45, 2.75) is 12.8 Å². The molecule has 2 heterocycles. The Kier molecular flexibility index (Phi) is 4.19. The summed E-state index contributed by atoms with van der Waals surface area (Å²) in [6.45, 7) is 0.777. The van der Waals surface area contributed by atoms with Gasteiger partial charge in [0.05, 0.1) is 6.20 Å². The van der Waals surface area contributed by atoms with Crippen LogP contribution < -0.4 is 5.32 Å². The van der Waals surface area contributed by atoms with E-state index in [1.54, 1.807) is 0 Å². The summed E-state index contributed by atoms with van der Waals surface area (Å²) in [5, 5.41) is 19.6. The van der Waals surface area contributed by atoms with E-state index in [1.807, 2.05) is 11.8 Å². The maximum Gasteiger partial charge on any atom is 0.339 e. The molecule has 0 aromatic carbocycles. The predicted octanol–water partition coefficient (Wildman–Crippen LogP) is 1.73. The Balaban J connectivity index is 1.96. The molecule has 1 saturated heterocycles. The van der Waals surface area contributed by atoms with Crippen molar-refractivity contribution >= 4 is 23.5 Å². The van der Waals surface area contributed by atoms with Crippen LogP contribution in [0.1, 0.15) is 23.2 Å². The third kappa shape index (κ3) is 3.33. The minimum absolute atomic E-state index is 0.185. The Bertz CT molecular complexity index is 394. The van der Waals surface area contributed by atoms with Gasteiger partial charge in [0, 0.05) is 6.54 Å². The van der Waals surface area contributed by atoms with Gasteiger partial charge in [-0.25, -0.2) is 4.79 Å². The van der Waals surface area contributed by atoms with E-state index in [1.165, 1.54) is 36.6 Å². The summed E-state index contributed by atoms with van der Waals surface area (Å²) in [6.07, 6.45) is 3.76. The second kappa shape index (κ2) is 5.86. The van der Waals surface area contributed by atoms with E-state index < -0.39 is 5.97 Å². The van der Waals surface area contributed by atoms with Crippen molar-refractivity contribution in [2.24, 2.45) is 5.92 Å². The zero-order valence-corrected chi connectivity index (χ0v) is 10.2. The first-order chi connectivity index (χ1) is 8.27. The summed E-state index contributed by atoms with van der Waals surface area (Å²) in [6, 6.07) is 1.47. The number of carbonyl (C=O) groups is 1. The van der Waals surface area contributed by atoms with Crippen LogP contribution in [0.2, 0.25) is 0 Å². The lowest BCUT2D eigenvalue weighted by molar-refractivity contribution is 0.0697. The van der Waals surface area contributed by atoms with Crippen LogP contribution in [0.25, 0.3) is 0 Å². The molecule has 17 heavy (non-hydrogen) atoms. The highest BCUT2D eigenvalue weighted by Crippen LogP contribution is 2.23. The number of hydrogen-bond acceptors (Lipinski definition) is 5. The molecule has 0 atom stereocenters. The van der Waals surface area contributed by atoms with Crippen molar-refractivity contribution in [2.75, 3.05) is 23.4 Å². The van der Waals surface area contributed by atoms with Crippen molar-refractivity contribution < 1.29 is 9.90 Å². The highest BCUT2D eigenvalue weighted by atomic mass is 32.2. The fourth-order valence-electron chi connectivity index (χ4n) is 1.83. The Hall–Kier alpha value is -1.30. The SMILES string of the molecule is O=C(O)c1ccnnc1NCC1CCSCC1. The summed E-state index contributed by atoms with van der Waals surface area (Å²) in [4.78, 5) is 11.0. The average Bonchev–Trinajstić information content (AvgIpc) is 2.38. The maximum absolute atomic E-state index is 11.0. The Labute approximate surface area is 104 Å². The fraction of sp³-hybridized carbons (Fsp3) is 0.545. The molecule has 92 valence electrons. The second-order valence-electron chi connectivity index (χ2n) is 4.04. The second-order valence-corrected chi connectivity index (χ2v) is 5.26. The van der Waals surface area contributed by atoms with Crippen molar-refractivity contribution in [3.63, 3.8) is 0 Å². The van der Waals surface area contributed by atoms with E-state index in [0.29, 0.717) is 11.7 Å². The van der Waals surface area contributed by atoms with Crippen molar-refractivity contribution in [3.05, 3.63) is 17.8 Å². The molecule has 1 aliphatic heterocycles. The smallest absolute Gasteiger partial charge is 0.339 e. The third-order valence-corrected chi connectivity index (χ3v) is 3.90. The third-order valence-electron chi connectivity index (χ3n) is 2.85. The number of anilines is 1. The molecule has 5 nitrogen and oxygen atoms in total. The summed E-state index contributed by atoms with van der Waals surface area (Å²) < 4.78 is 0. The summed E-state index contributed by atoms with van der Waals surface area (Å²) in [7, 11) is 0. The summed E-state index contributed by atoms with van der Waals surface area (Å²) >= 11 is 1.98. The zero-order chi connectivity index (χ0) is 12.1. The van der Waals surface area contributed by atoms with Gasteiger partial charge in [0.1, 0.15) is 5.56 Å². The van der Waals surface area contributed by atoms with Gasteiger partial charge < -0.3 is 10.4 Å². The van der Waals surface area contributed by atoms with Gasteiger partial charge >= 0.3 is 5.97 Å². The number of rotatable bonds is 4. The van der Waals surface area contributed by atoms with E-state index in [0.717, 1.165) is 6.54 Å². The fourth-order valence-corrected chi connectivity index (χ4v) is 3.03. The average molecular weight is 253 g/mol. The number of hydrogen-bond donors (Lipinski definition) is 2. The van der Waals surface area contributed by atoms with Crippen LogP contribution in [0, 0.1) is 5.92 Å². The van der Waals surface area contributed by atoms with Crippen LogP contribution in [-0.2, 0) is 0 Å². The molecule has 0 bridgehead atoms. The number of nitrogens with zero attached hydrogens (tertiary/aromatic N) is 2. The lowest BCUT2D eigenvalue weighted by Crippen LogP contribution is -2.21. The number of thioether (sulfide) groups is 1. The normalized spacial score (nSPS) is 16.7. The topological polar surface area (TPSA) is 75.1 Å². The number of aromatic carboxylic acids is 1. The van der Waals surface area contributed by atoms with Gasteiger partial charge in [-0.15, -0.1) is 5.10 Å². The van der Waals surface area contributed by atoms with Crippen LogP contribution in [0.5, 0.6) is 0 Å². The minimum Gasteiger partial charge on any atom is -0.478 e. The lowest BCUT2D eigenvalue weighted by atomic mass is 10.0. The molecule has 2 N–H and O–H groups in total. The van der Waals surface area contributed by atoms with Crippen LogP contribution in [0.3, 0.4) is 0 Å². The van der Waals surface area contributed by atoms with Gasteiger partial charge in [-0.1, -0.05) is 0 Å². The quantitative estimate of drug-likeness (QED) is 0.851. The molecule has 1 fully saturated rings. The highest BCUT2D eigenvalue weighted by Gasteiger charge is 2.16. The largest absolute Gasteiger partial charge is 0.478 e. The van der Waals surface area contributed by atoms with Gasteiger partial charge in [-0.2, -0.15) is 16.9 Å². The number of carboxylic acid groups (broad SMARTS) is 1. The van der Waals surface area contributed by atoms with Gasteiger partial charge in [-0.3, -0.25) is 0 Å². The molecule has 0 aliphatic carbocycles. The molecule has 1 aromatic rings. The van der Waals surface area contributed by atoms with E-state index in [9.17, 15) is 4.79 Å². The molecule has 1 aliphatic rings. The molecule has 6 heteroatoms. The van der Waals surface area contributed by atoms with Gasteiger partial charge in [0.2, 0.25) is 0 Å². The molecule has 0 unspecified atom stereocenters. The van der Waals surface area contributed by atoms with Crippen molar-refractivity contribution in [3.8, 4) is 0 Å². The number of aromatic nitrogens is 2. The highest BCUT2D eigenvalue weighted by molar-refractivity contribution is 7.99. The number of carboxylic acids is 1. The summed E-state index contributed by atoms with van der Waals surface area (Å²) in [5.74, 6) is 2.40. The van der Waals surface area contributed by atoms with Gasteiger partial charge in [0.25, 0.3) is 0 Å². The zero-order valence-electron chi connectivity index (χ0n) is 9.43. The van der Waals surface area contributed by atoms with Gasteiger partial charge in [0.15, 0.2) is 5.82 Å². The predicted molar refractivity (Wildman–Crippen MR) is 67.5 cm³/mol. The first kappa shape index (κ1) is 12.2. The van der Waals surface area contributed by atoms with E-state index in [2.05, 4.69) is 15.5 Å². The Morgan fingerprint density at radius 3 is 3.00 bits per heavy atom. The summed E-state index contributed by atoms with van der Waals surface area (Å²) in [5.41, 5.74) is 0.185. The standard InChI is InChI=1S/C11H15N3O2S/c15-11(16)9-1-4-13-14-10(9)12-7-8-2-5-17-6-3-8/h1,4,8H,2-3,5-7H2,(H,12,14)(H,15,16). The lowest BCUT2D eigenvalue weighted by Gasteiger charge is -2.21. The molecule has 0 radical (unpaired) electrons. The van der Waals surface area contributed by atoms with E-state index in [4.69, 9.17) is 5.11 Å². The molecule has 1 aromatic heterocycles. The first-order valence-corrected chi connectivity index (χ1v) is 6.79. The van der Waals surface area contributed by atoms with Crippen LogP contribution in [-0.4, -0.2) is 39.3 Å². The van der Waals surface area contributed by atoms with E-state index in [-0.39, 0.29) is 5.56 Å². The van der Waals surface area contributed by atoms with Crippen molar-refractivity contribution in [1.82, 2.24) is 10.2 Å². The number of nitrogens with one attached hydrogen (secondary N) is 1. The minimum atomic E-state index is -0.971. The van der Waals surface area contributed by atoms with Gasteiger partial charge in [-0.05, 0) is 36.3 Å². The van der Waals surface area contributed by atoms with Crippen LogP contribution in [0.4, 0.5) is 5.82 Å². The van der Waals surface area contributed by atoms with Crippen LogP contribution in [0.15, 0.2) is 12.3 Å². The molecule has 0 saturated carbocycles. The molecule has 0 amide bonds. The first-order valence-electron chi connectivity index (χ1n) is 5.64. The molecule has 2 rings (SSSR count). The van der Waals surface area contributed by atoms with Crippen molar-refractivity contribution in [1.29, 1.82) is 0 Å². The molecular formula is C11H15N3O2S. The van der Waals surface area contributed by atoms with E-state index >= 15 is 0 Å². The Morgan fingerprint density at radius 2 is 2.29 bits per heavy atom. The molecular weight excluding hydrogens is 238 g/mol. The Morgan fingerprint density at radius 1 is 1.53 bits per heavy atom. The monoisotopic (exact) mass is 253 g/mol. The maximum atomic E-state index is 11.0.